The van der Waals surface area contributed by atoms with E-state index < -0.39 is 0 Å². The number of likely N-dealkylation sites (tertiary alicyclic amines) is 1. The van der Waals surface area contributed by atoms with Gasteiger partial charge in [0.25, 0.3) is 5.91 Å². The van der Waals surface area contributed by atoms with Crippen molar-refractivity contribution in [3.8, 4) is 0 Å². The number of fused-ring (bicyclic) bond motifs is 1. The number of benzene rings is 1. The predicted molar refractivity (Wildman–Crippen MR) is 114 cm³/mol. The van der Waals surface area contributed by atoms with Crippen molar-refractivity contribution in [3.05, 3.63) is 53.4 Å². The molecule has 0 aliphatic carbocycles. The number of piperidine rings is 1. The van der Waals surface area contributed by atoms with Gasteiger partial charge in [-0.05, 0) is 51.0 Å². The molecule has 0 bridgehead atoms. The number of oxazole rings is 1. The fourth-order valence-corrected chi connectivity index (χ4v) is 3.77. The molecule has 0 radical (unpaired) electrons. The van der Waals surface area contributed by atoms with E-state index in [9.17, 15) is 9.18 Å². The van der Waals surface area contributed by atoms with Gasteiger partial charge >= 0.3 is 0 Å². The number of rotatable bonds is 5. The zero-order valence-electron chi connectivity index (χ0n) is 17.4. The molecule has 31 heavy (non-hydrogen) atoms. The Hall–Kier alpha value is -3.49. The molecule has 8 nitrogen and oxygen atoms in total. The molecule has 4 rings (SSSR count). The van der Waals surface area contributed by atoms with Gasteiger partial charge in [0.05, 0.1) is 12.5 Å². The molecule has 0 spiro atoms. The summed E-state index contributed by atoms with van der Waals surface area (Å²) in [6.45, 7) is 4.38. The van der Waals surface area contributed by atoms with E-state index >= 15 is 0 Å². The van der Waals surface area contributed by atoms with E-state index in [0.29, 0.717) is 34.9 Å². The average molecular weight is 422 g/mol. The number of amides is 1. The number of nitrogens with one attached hydrogen (secondary N) is 1. The smallest absolute Gasteiger partial charge is 0.275 e. The van der Waals surface area contributed by atoms with E-state index in [2.05, 4.69) is 20.2 Å². The second-order valence-corrected chi connectivity index (χ2v) is 7.69. The van der Waals surface area contributed by atoms with Gasteiger partial charge in [0.15, 0.2) is 17.2 Å². The molecule has 2 atom stereocenters. The van der Waals surface area contributed by atoms with Crippen LogP contribution in [0.3, 0.4) is 0 Å². The van der Waals surface area contributed by atoms with Crippen LogP contribution in [0.2, 0.25) is 0 Å². The number of carbonyl (C=O) groups excluding carboxylic acids is 1. The van der Waals surface area contributed by atoms with Crippen molar-refractivity contribution in [3.63, 3.8) is 0 Å². The van der Waals surface area contributed by atoms with E-state index in [1.165, 1.54) is 12.1 Å². The lowest BCUT2D eigenvalue weighted by Gasteiger charge is -2.36. The molecular formula is C22H23FN6O2. The van der Waals surface area contributed by atoms with Crippen molar-refractivity contribution in [2.24, 2.45) is 10.2 Å². The highest BCUT2D eigenvalue weighted by Crippen LogP contribution is 2.33. The Bertz CT molecular complexity index is 1160. The number of hydrogen-bond acceptors (Lipinski definition) is 7. The van der Waals surface area contributed by atoms with Crippen LogP contribution < -0.4 is 0 Å². The van der Waals surface area contributed by atoms with Gasteiger partial charge in [-0.3, -0.25) is 4.79 Å². The molecule has 1 N–H and O–H groups in total. The Morgan fingerprint density at radius 2 is 2.16 bits per heavy atom. The first-order chi connectivity index (χ1) is 15.0. The lowest BCUT2D eigenvalue weighted by molar-refractivity contribution is 0.0592. The van der Waals surface area contributed by atoms with Crippen LogP contribution in [0.5, 0.6) is 0 Å². The minimum absolute atomic E-state index is 0.0132. The number of nitrogens with zero attached hydrogens (tertiary/aromatic N) is 5. The van der Waals surface area contributed by atoms with E-state index in [1.54, 1.807) is 23.1 Å². The van der Waals surface area contributed by atoms with Gasteiger partial charge in [-0.25, -0.2) is 14.4 Å². The molecule has 1 aromatic carbocycles. The zero-order chi connectivity index (χ0) is 22.0. The standard InChI is InChI=1S/C22H23FN6O2/c1-13-3-7-17(28-25-10-9-24)20(26-13)22(30)29-12-15(5-4-14(29)2)21-27-18-11-16(23)6-8-19(18)31-21/h3,6-9,11,14-15,24H,4-5,10,12H2,1-2H3/t14-,15-/m1/s1. The van der Waals surface area contributed by atoms with Crippen molar-refractivity contribution in [2.45, 2.75) is 38.6 Å². The van der Waals surface area contributed by atoms with Crippen LogP contribution in [0.25, 0.3) is 11.1 Å². The van der Waals surface area contributed by atoms with Gasteiger partial charge in [-0.2, -0.15) is 10.2 Å². The average Bonchev–Trinajstić information content (AvgIpc) is 3.18. The van der Waals surface area contributed by atoms with Crippen LogP contribution in [0.1, 0.15) is 47.8 Å². The molecule has 1 saturated heterocycles. The van der Waals surface area contributed by atoms with E-state index in [4.69, 9.17) is 9.83 Å². The topological polar surface area (TPSA) is 108 Å². The summed E-state index contributed by atoms with van der Waals surface area (Å²) < 4.78 is 19.4. The van der Waals surface area contributed by atoms with Gasteiger partial charge < -0.3 is 14.7 Å². The largest absolute Gasteiger partial charge is 0.440 e. The molecule has 2 aromatic heterocycles. The molecule has 160 valence electrons. The summed E-state index contributed by atoms with van der Waals surface area (Å²) in [7, 11) is 0. The van der Waals surface area contributed by atoms with Gasteiger partial charge in [0.1, 0.15) is 17.0 Å². The third-order valence-electron chi connectivity index (χ3n) is 5.43. The zero-order valence-corrected chi connectivity index (χ0v) is 17.4. The molecule has 3 aromatic rings. The molecule has 1 aliphatic rings. The molecule has 0 saturated carbocycles. The van der Waals surface area contributed by atoms with Gasteiger partial charge in [0.2, 0.25) is 0 Å². The summed E-state index contributed by atoms with van der Waals surface area (Å²) in [6.07, 6.45) is 2.73. The first-order valence-corrected chi connectivity index (χ1v) is 10.2. The lowest BCUT2D eigenvalue weighted by atomic mass is 9.93. The van der Waals surface area contributed by atoms with E-state index in [-0.39, 0.29) is 35.9 Å². The summed E-state index contributed by atoms with van der Waals surface area (Å²) in [6, 6.07) is 7.75. The highest BCUT2D eigenvalue weighted by atomic mass is 19.1. The van der Waals surface area contributed by atoms with Crippen molar-refractivity contribution in [1.82, 2.24) is 14.9 Å². The second kappa shape index (κ2) is 8.71. The van der Waals surface area contributed by atoms with E-state index in [1.807, 2.05) is 13.8 Å². The second-order valence-electron chi connectivity index (χ2n) is 7.69. The van der Waals surface area contributed by atoms with E-state index in [0.717, 1.165) is 19.1 Å². The van der Waals surface area contributed by atoms with Crippen molar-refractivity contribution in [2.75, 3.05) is 13.1 Å². The Morgan fingerprint density at radius 1 is 1.32 bits per heavy atom. The first kappa shape index (κ1) is 20.8. The van der Waals surface area contributed by atoms with Crippen LogP contribution >= 0.6 is 0 Å². The molecule has 9 heteroatoms. The maximum Gasteiger partial charge on any atom is 0.275 e. The van der Waals surface area contributed by atoms with Crippen molar-refractivity contribution in [1.29, 1.82) is 5.41 Å². The minimum atomic E-state index is -0.364. The third-order valence-corrected chi connectivity index (χ3v) is 5.43. The van der Waals surface area contributed by atoms with Gasteiger partial charge in [-0.1, -0.05) is 0 Å². The SMILES string of the molecule is Cc1ccc(N=NCC=N)c(C(=O)N2C[C@H](c3nc4cc(F)ccc4o3)CC[C@H]2C)n1. The molecule has 1 aliphatic heterocycles. The minimum Gasteiger partial charge on any atom is -0.440 e. The maximum atomic E-state index is 13.5. The number of aryl methyl sites for hydroxylation is 1. The van der Waals surface area contributed by atoms with Crippen molar-refractivity contribution < 1.29 is 13.6 Å². The fraction of sp³-hybridized carbons (Fsp3) is 0.364. The van der Waals surface area contributed by atoms with Crippen LogP contribution in [0, 0.1) is 18.2 Å². The highest BCUT2D eigenvalue weighted by molar-refractivity contribution is 5.97. The Morgan fingerprint density at radius 3 is 2.97 bits per heavy atom. The Kier molecular flexibility index (Phi) is 5.83. The molecule has 3 heterocycles. The number of carbonyl (C=O) groups is 1. The molecule has 0 unspecified atom stereocenters. The van der Waals surface area contributed by atoms with Crippen LogP contribution in [-0.4, -0.2) is 46.1 Å². The van der Waals surface area contributed by atoms with Gasteiger partial charge in [0, 0.05) is 30.6 Å². The summed E-state index contributed by atoms with van der Waals surface area (Å²) in [5, 5.41) is 15.1. The molecular weight excluding hydrogens is 399 g/mol. The summed E-state index contributed by atoms with van der Waals surface area (Å²) in [5.74, 6) is -0.180. The quantitative estimate of drug-likeness (QED) is 0.470. The predicted octanol–water partition coefficient (Wildman–Crippen LogP) is 4.81. The maximum absolute atomic E-state index is 13.5. The van der Waals surface area contributed by atoms with Gasteiger partial charge in [-0.15, -0.1) is 0 Å². The van der Waals surface area contributed by atoms with Crippen LogP contribution in [0.4, 0.5) is 10.1 Å². The number of hydrogen-bond donors (Lipinski definition) is 1. The highest BCUT2D eigenvalue weighted by Gasteiger charge is 2.34. The van der Waals surface area contributed by atoms with Crippen molar-refractivity contribution >= 4 is 28.9 Å². The normalized spacial score (nSPS) is 19.3. The fourth-order valence-electron chi connectivity index (χ4n) is 3.77. The van der Waals surface area contributed by atoms with Crippen LogP contribution in [-0.2, 0) is 0 Å². The number of pyridine rings is 1. The number of aromatic nitrogens is 2. The summed E-state index contributed by atoms with van der Waals surface area (Å²) in [4.78, 5) is 24.1. The van der Waals surface area contributed by atoms with Crippen LogP contribution in [0.15, 0.2) is 45.0 Å². The number of azo groups is 1. The Labute approximate surface area is 178 Å². The third kappa shape index (κ3) is 4.35. The summed E-state index contributed by atoms with van der Waals surface area (Å²) in [5.41, 5.74) is 2.32. The molecule has 1 fully saturated rings. The first-order valence-electron chi connectivity index (χ1n) is 10.2. The number of halogens is 1. The Balaban J connectivity index is 1.61. The monoisotopic (exact) mass is 422 g/mol. The molecule has 1 amide bonds. The summed E-state index contributed by atoms with van der Waals surface area (Å²) >= 11 is 0. The lowest BCUT2D eigenvalue weighted by Crippen LogP contribution is -2.45.